The first-order chi connectivity index (χ1) is 9.66. The van der Waals surface area contributed by atoms with Crippen molar-refractivity contribution >= 4 is 10.0 Å². The number of methoxy groups -OCH3 is 1. The van der Waals surface area contributed by atoms with Crippen LogP contribution in [0.2, 0.25) is 0 Å². The van der Waals surface area contributed by atoms with E-state index < -0.39 is 15.6 Å². The number of hydrogen-bond acceptors (Lipinski definition) is 6. The number of ether oxygens (including phenoxy) is 1. The molecular weight excluding hydrogens is 294 g/mol. The zero-order chi connectivity index (χ0) is 15.8. The van der Waals surface area contributed by atoms with Crippen molar-refractivity contribution in [2.45, 2.75) is 31.5 Å². The minimum absolute atomic E-state index is 0.288. The summed E-state index contributed by atoms with van der Waals surface area (Å²) in [5.74, 6) is 0.821. The molecule has 0 spiro atoms. The highest BCUT2D eigenvalue weighted by Gasteiger charge is 2.30. The molecule has 21 heavy (non-hydrogen) atoms. The van der Waals surface area contributed by atoms with E-state index in [2.05, 4.69) is 15.2 Å². The molecule has 114 valence electrons. The molecule has 2 aromatic heterocycles. The topological polar surface area (TPSA) is 113 Å². The molecule has 0 atom stereocenters. The maximum absolute atomic E-state index is 11.7. The normalized spacial score (nSPS) is 12.4. The molecule has 0 fully saturated rings. The lowest BCUT2D eigenvalue weighted by atomic mass is 10.1. The van der Waals surface area contributed by atoms with Crippen molar-refractivity contribution in [2.24, 2.45) is 5.14 Å². The first-order valence-corrected chi connectivity index (χ1v) is 7.68. The molecule has 2 rings (SSSR count). The summed E-state index contributed by atoms with van der Waals surface area (Å²) in [4.78, 5) is 3.96. The van der Waals surface area contributed by atoms with E-state index in [1.54, 1.807) is 12.3 Å². The molecule has 0 aliphatic heterocycles. The zero-order valence-electron chi connectivity index (χ0n) is 12.2. The molecule has 0 bridgehead atoms. The van der Waals surface area contributed by atoms with Crippen LogP contribution in [-0.2, 0) is 15.6 Å². The number of sulfonamides is 1. The van der Waals surface area contributed by atoms with Crippen LogP contribution in [0.15, 0.2) is 23.6 Å². The Morgan fingerprint density at radius 1 is 1.29 bits per heavy atom. The van der Waals surface area contributed by atoms with E-state index in [1.807, 2.05) is 20.8 Å². The number of nitrogens with zero attached hydrogens (tertiary/aromatic N) is 4. The summed E-state index contributed by atoms with van der Waals surface area (Å²) < 4.78 is 30.1. The van der Waals surface area contributed by atoms with Gasteiger partial charge in [-0.3, -0.25) is 9.55 Å². The Balaban J connectivity index is 2.80. The molecule has 0 unspecified atom stereocenters. The average molecular weight is 311 g/mol. The Morgan fingerprint density at radius 3 is 2.48 bits per heavy atom. The van der Waals surface area contributed by atoms with Crippen molar-refractivity contribution in [1.29, 1.82) is 0 Å². The summed E-state index contributed by atoms with van der Waals surface area (Å²) in [6.07, 6.45) is 3.09. The fourth-order valence-electron chi connectivity index (χ4n) is 1.96. The van der Waals surface area contributed by atoms with Gasteiger partial charge in [0.05, 0.1) is 18.9 Å². The standard InChI is InChI=1S/C12H17N5O3S/c1-12(2,3)17-10(15-16-11(17)21(13,18)19)8-5-6-14-7-9(8)20-4/h5-7H,1-4H3,(H2,13,18,19). The summed E-state index contributed by atoms with van der Waals surface area (Å²) >= 11 is 0. The second-order valence-corrected chi connectivity index (χ2v) is 6.89. The molecule has 0 saturated carbocycles. The monoisotopic (exact) mass is 311 g/mol. The summed E-state index contributed by atoms with van der Waals surface area (Å²) in [7, 11) is -2.49. The van der Waals surface area contributed by atoms with Gasteiger partial charge >= 0.3 is 0 Å². The highest BCUT2D eigenvalue weighted by Crippen LogP contribution is 2.32. The highest BCUT2D eigenvalue weighted by molar-refractivity contribution is 7.89. The van der Waals surface area contributed by atoms with Gasteiger partial charge in [-0.1, -0.05) is 0 Å². The van der Waals surface area contributed by atoms with Crippen LogP contribution in [0.25, 0.3) is 11.4 Å². The van der Waals surface area contributed by atoms with Gasteiger partial charge < -0.3 is 4.74 Å². The second kappa shape index (κ2) is 5.08. The minimum Gasteiger partial charge on any atom is -0.494 e. The summed E-state index contributed by atoms with van der Waals surface area (Å²) in [5.41, 5.74) is -0.000604. The summed E-state index contributed by atoms with van der Waals surface area (Å²) in [6.45, 7) is 5.51. The highest BCUT2D eigenvalue weighted by atomic mass is 32.2. The Bertz CT molecular complexity index is 761. The zero-order valence-corrected chi connectivity index (χ0v) is 13.0. The lowest BCUT2D eigenvalue weighted by Gasteiger charge is -2.24. The molecule has 2 heterocycles. The van der Waals surface area contributed by atoms with Crippen molar-refractivity contribution in [3.05, 3.63) is 18.5 Å². The number of hydrogen-bond donors (Lipinski definition) is 1. The fourth-order valence-corrected chi connectivity index (χ4v) is 2.73. The van der Waals surface area contributed by atoms with E-state index >= 15 is 0 Å². The lowest BCUT2D eigenvalue weighted by Crippen LogP contribution is -2.29. The third-order valence-corrected chi connectivity index (χ3v) is 3.58. The molecule has 0 aliphatic rings. The van der Waals surface area contributed by atoms with Crippen molar-refractivity contribution in [1.82, 2.24) is 19.7 Å². The molecule has 8 nitrogen and oxygen atoms in total. The molecule has 0 aromatic carbocycles. The van der Waals surface area contributed by atoms with Crippen molar-refractivity contribution < 1.29 is 13.2 Å². The SMILES string of the molecule is COc1cnccc1-c1nnc(S(N)(=O)=O)n1C(C)(C)C. The third kappa shape index (κ3) is 2.88. The number of aromatic nitrogens is 4. The number of rotatable bonds is 3. The Labute approximate surface area is 123 Å². The quantitative estimate of drug-likeness (QED) is 0.895. The number of nitrogens with two attached hydrogens (primary N) is 1. The van der Waals surface area contributed by atoms with E-state index in [9.17, 15) is 8.42 Å². The molecule has 0 amide bonds. The van der Waals surface area contributed by atoms with Gasteiger partial charge in [0, 0.05) is 11.7 Å². The average Bonchev–Trinajstić information content (AvgIpc) is 2.83. The van der Waals surface area contributed by atoms with Gasteiger partial charge in [-0.25, -0.2) is 13.6 Å². The van der Waals surface area contributed by atoms with Crippen LogP contribution >= 0.6 is 0 Å². The van der Waals surface area contributed by atoms with Crippen molar-refractivity contribution in [2.75, 3.05) is 7.11 Å². The number of primary sulfonamides is 1. The molecular formula is C12H17N5O3S. The Kier molecular flexibility index (Phi) is 3.72. The van der Waals surface area contributed by atoms with Crippen LogP contribution in [0, 0.1) is 0 Å². The van der Waals surface area contributed by atoms with Crippen LogP contribution in [0.5, 0.6) is 5.75 Å². The molecule has 2 aromatic rings. The Hall–Kier alpha value is -2.00. The van der Waals surface area contributed by atoms with Gasteiger partial charge in [0.1, 0.15) is 5.75 Å². The van der Waals surface area contributed by atoms with E-state index in [4.69, 9.17) is 9.88 Å². The van der Waals surface area contributed by atoms with E-state index in [0.29, 0.717) is 17.1 Å². The molecule has 0 radical (unpaired) electrons. The van der Waals surface area contributed by atoms with Crippen LogP contribution in [0.4, 0.5) is 0 Å². The summed E-state index contributed by atoms with van der Waals surface area (Å²) in [6, 6.07) is 1.68. The number of pyridine rings is 1. The van der Waals surface area contributed by atoms with E-state index in [-0.39, 0.29) is 5.16 Å². The van der Waals surface area contributed by atoms with Gasteiger partial charge in [-0.05, 0) is 26.8 Å². The summed E-state index contributed by atoms with van der Waals surface area (Å²) in [5, 5.41) is 12.6. The first-order valence-electron chi connectivity index (χ1n) is 6.13. The van der Waals surface area contributed by atoms with Crippen molar-refractivity contribution in [3.63, 3.8) is 0 Å². The fraction of sp³-hybridized carbons (Fsp3) is 0.417. The van der Waals surface area contributed by atoms with Crippen LogP contribution in [0.1, 0.15) is 20.8 Å². The minimum atomic E-state index is -3.99. The van der Waals surface area contributed by atoms with Gasteiger partial charge in [0.2, 0.25) is 0 Å². The van der Waals surface area contributed by atoms with Crippen LogP contribution in [-0.4, -0.2) is 35.3 Å². The largest absolute Gasteiger partial charge is 0.494 e. The molecule has 0 aliphatic carbocycles. The maximum Gasteiger partial charge on any atom is 0.273 e. The predicted octanol–water partition coefficient (Wildman–Crippen LogP) is 0.751. The molecule has 0 saturated heterocycles. The maximum atomic E-state index is 11.7. The van der Waals surface area contributed by atoms with E-state index in [1.165, 1.54) is 17.9 Å². The smallest absolute Gasteiger partial charge is 0.273 e. The van der Waals surface area contributed by atoms with Gasteiger partial charge in [-0.2, -0.15) is 0 Å². The van der Waals surface area contributed by atoms with Crippen molar-refractivity contribution in [3.8, 4) is 17.1 Å². The Morgan fingerprint density at radius 2 is 1.95 bits per heavy atom. The predicted molar refractivity (Wildman–Crippen MR) is 76.2 cm³/mol. The molecule has 2 N–H and O–H groups in total. The molecule has 9 heteroatoms. The lowest BCUT2D eigenvalue weighted by molar-refractivity contribution is 0.364. The van der Waals surface area contributed by atoms with Crippen LogP contribution < -0.4 is 9.88 Å². The van der Waals surface area contributed by atoms with Crippen LogP contribution in [0.3, 0.4) is 0 Å². The first kappa shape index (κ1) is 15.4. The van der Waals surface area contributed by atoms with Gasteiger partial charge in [-0.15, -0.1) is 10.2 Å². The van der Waals surface area contributed by atoms with Gasteiger partial charge in [0.15, 0.2) is 5.82 Å². The van der Waals surface area contributed by atoms with E-state index in [0.717, 1.165) is 0 Å². The second-order valence-electron chi connectivity index (χ2n) is 5.43. The van der Waals surface area contributed by atoms with Gasteiger partial charge in [0.25, 0.3) is 15.2 Å². The third-order valence-electron chi connectivity index (χ3n) is 2.80.